The van der Waals surface area contributed by atoms with E-state index in [1.54, 1.807) is 13.8 Å². The van der Waals surface area contributed by atoms with E-state index in [1.807, 2.05) is 0 Å². The molecule has 0 aromatic carbocycles. The number of aliphatic hydroxyl groups excluding tert-OH is 2. The first kappa shape index (κ1) is 14.4. The molecule has 0 aliphatic carbocycles. The Labute approximate surface area is 100 Å². The largest absolute Gasteiger partial charge is 0.481 e. The zero-order valence-corrected chi connectivity index (χ0v) is 10.1. The highest BCUT2D eigenvalue weighted by molar-refractivity contribution is 5.66. The Bertz CT molecular complexity index is 256. The molecule has 6 heteroatoms. The summed E-state index contributed by atoms with van der Waals surface area (Å²) in [4.78, 5) is 10.4. The number of aliphatic hydroxyl groups is 2. The van der Waals surface area contributed by atoms with Gasteiger partial charge < -0.3 is 24.8 Å². The third kappa shape index (κ3) is 4.59. The van der Waals surface area contributed by atoms with Crippen molar-refractivity contribution in [1.82, 2.24) is 0 Å². The van der Waals surface area contributed by atoms with Crippen molar-refractivity contribution in [3.05, 3.63) is 0 Å². The molecule has 6 nitrogen and oxygen atoms in total. The molecule has 3 N–H and O–H groups in total. The van der Waals surface area contributed by atoms with Crippen molar-refractivity contribution in [2.45, 2.75) is 63.8 Å². The van der Waals surface area contributed by atoms with Crippen LogP contribution in [0, 0.1) is 0 Å². The smallest absolute Gasteiger partial charge is 0.303 e. The van der Waals surface area contributed by atoms with Crippen molar-refractivity contribution in [3.8, 4) is 0 Å². The van der Waals surface area contributed by atoms with Crippen molar-refractivity contribution >= 4 is 5.97 Å². The third-order valence-corrected chi connectivity index (χ3v) is 2.82. The maximum Gasteiger partial charge on any atom is 0.303 e. The molecule has 5 atom stereocenters. The molecule has 100 valence electrons. The van der Waals surface area contributed by atoms with Crippen LogP contribution in [0.4, 0.5) is 0 Å². The van der Waals surface area contributed by atoms with Gasteiger partial charge in [0.1, 0.15) is 6.10 Å². The molecule has 1 aliphatic rings. The predicted octanol–water partition coefficient (Wildman–Crippen LogP) is 0.113. The number of hydrogen-bond acceptors (Lipinski definition) is 5. The van der Waals surface area contributed by atoms with E-state index in [9.17, 15) is 15.0 Å². The van der Waals surface area contributed by atoms with Crippen molar-refractivity contribution in [3.63, 3.8) is 0 Å². The van der Waals surface area contributed by atoms with Crippen LogP contribution in [-0.2, 0) is 14.3 Å². The highest BCUT2D eigenvalue weighted by Gasteiger charge is 2.35. The number of hydrogen-bond donors (Lipinski definition) is 3. The summed E-state index contributed by atoms with van der Waals surface area (Å²) in [5.74, 6) is -0.880. The summed E-state index contributed by atoms with van der Waals surface area (Å²) < 4.78 is 10.7. The van der Waals surface area contributed by atoms with Gasteiger partial charge in [-0.3, -0.25) is 4.79 Å². The van der Waals surface area contributed by atoms with E-state index in [-0.39, 0.29) is 18.9 Å². The lowest BCUT2D eigenvalue weighted by molar-refractivity contribution is -0.273. The van der Waals surface area contributed by atoms with Crippen LogP contribution in [0.2, 0.25) is 0 Å². The van der Waals surface area contributed by atoms with Crippen LogP contribution in [0.25, 0.3) is 0 Å². The molecule has 1 aliphatic heterocycles. The van der Waals surface area contributed by atoms with Gasteiger partial charge in [-0.1, -0.05) is 0 Å². The summed E-state index contributed by atoms with van der Waals surface area (Å²) in [6, 6.07) is 0. The highest BCUT2D eigenvalue weighted by Crippen LogP contribution is 2.22. The maximum absolute atomic E-state index is 10.4. The molecule has 0 aromatic heterocycles. The Hall–Kier alpha value is -0.690. The molecule has 1 rings (SSSR count). The van der Waals surface area contributed by atoms with E-state index in [1.165, 1.54) is 0 Å². The standard InChI is InChI=1S/C11H20O6/c1-6(3-4-10(14)15)16-11-9(13)5-8(12)7(2)17-11/h6-9,11-13H,3-5H2,1-2H3,(H,14,15)/t6-,7?,8-,9+,11-/m1/s1. The summed E-state index contributed by atoms with van der Waals surface area (Å²) in [5, 5.41) is 27.6. The van der Waals surface area contributed by atoms with Gasteiger partial charge in [-0.05, 0) is 20.3 Å². The fraction of sp³-hybridized carbons (Fsp3) is 0.909. The molecule has 0 aromatic rings. The molecule has 0 bridgehead atoms. The van der Waals surface area contributed by atoms with Gasteiger partial charge in [0.2, 0.25) is 0 Å². The second-order valence-corrected chi connectivity index (χ2v) is 4.46. The van der Waals surface area contributed by atoms with E-state index in [0.717, 1.165) is 0 Å². The minimum absolute atomic E-state index is 0.0160. The molecule has 0 saturated carbocycles. The molecule has 0 radical (unpaired) electrons. The topological polar surface area (TPSA) is 96.2 Å². The molecule has 1 heterocycles. The minimum Gasteiger partial charge on any atom is -0.481 e. The van der Waals surface area contributed by atoms with Crippen molar-refractivity contribution < 1.29 is 29.6 Å². The first-order valence-electron chi connectivity index (χ1n) is 5.79. The number of carboxylic acids is 1. The SMILES string of the molecule is CC1O[C@@H](O[C@H](C)CCC(=O)O)[C@@H](O)C[C@H]1O. The van der Waals surface area contributed by atoms with Gasteiger partial charge in [0.15, 0.2) is 6.29 Å². The Morgan fingerprint density at radius 2 is 2.12 bits per heavy atom. The summed E-state index contributed by atoms with van der Waals surface area (Å²) in [5.41, 5.74) is 0. The summed E-state index contributed by atoms with van der Waals surface area (Å²) in [7, 11) is 0. The van der Waals surface area contributed by atoms with Gasteiger partial charge in [0, 0.05) is 12.8 Å². The summed E-state index contributed by atoms with van der Waals surface area (Å²) in [6.45, 7) is 3.43. The van der Waals surface area contributed by atoms with Crippen molar-refractivity contribution in [2.75, 3.05) is 0 Å². The Morgan fingerprint density at radius 1 is 1.47 bits per heavy atom. The number of carbonyl (C=O) groups is 1. The first-order valence-corrected chi connectivity index (χ1v) is 5.79. The monoisotopic (exact) mass is 248 g/mol. The van der Waals surface area contributed by atoms with E-state index < -0.39 is 30.6 Å². The second-order valence-electron chi connectivity index (χ2n) is 4.46. The average Bonchev–Trinajstić information content (AvgIpc) is 2.23. The van der Waals surface area contributed by atoms with Crippen LogP contribution in [-0.4, -0.2) is 52.0 Å². The minimum atomic E-state index is -0.881. The van der Waals surface area contributed by atoms with Crippen LogP contribution in [0.1, 0.15) is 33.1 Å². The molecule has 1 fully saturated rings. The van der Waals surface area contributed by atoms with E-state index in [0.29, 0.717) is 6.42 Å². The van der Waals surface area contributed by atoms with Crippen LogP contribution in [0.3, 0.4) is 0 Å². The predicted molar refractivity (Wildman–Crippen MR) is 58.4 cm³/mol. The van der Waals surface area contributed by atoms with Crippen LogP contribution >= 0.6 is 0 Å². The van der Waals surface area contributed by atoms with Gasteiger partial charge in [-0.25, -0.2) is 0 Å². The Kier molecular flexibility index (Phi) is 5.32. The number of carboxylic acid groups (broad SMARTS) is 1. The van der Waals surface area contributed by atoms with Crippen LogP contribution < -0.4 is 0 Å². The zero-order valence-electron chi connectivity index (χ0n) is 10.1. The molecule has 0 spiro atoms. The Balaban J connectivity index is 2.37. The van der Waals surface area contributed by atoms with Gasteiger partial charge in [0.05, 0.1) is 18.3 Å². The number of ether oxygens (including phenoxy) is 2. The second kappa shape index (κ2) is 6.30. The first-order chi connectivity index (χ1) is 7.90. The van der Waals surface area contributed by atoms with Gasteiger partial charge in [-0.15, -0.1) is 0 Å². The van der Waals surface area contributed by atoms with Crippen molar-refractivity contribution in [2.24, 2.45) is 0 Å². The fourth-order valence-corrected chi connectivity index (χ4v) is 1.69. The third-order valence-electron chi connectivity index (χ3n) is 2.82. The molecular weight excluding hydrogens is 228 g/mol. The molecule has 0 amide bonds. The van der Waals surface area contributed by atoms with Crippen LogP contribution in [0.15, 0.2) is 0 Å². The summed E-state index contributed by atoms with van der Waals surface area (Å²) in [6.07, 6.45) is -2.49. The summed E-state index contributed by atoms with van der Waals surface area (Å²) >= 11 is 0. The van der Waals surface area contributed by atoms with Crippen molar-refractivity contribution in [1.29, 1.82) is 0 Å². The van der Waals surface area contributed by atoms with E-state index >= 15 is 0 Å². The Morgan fingerprint density at radius 3 is 2.71 bits per heavy atom. The normalized spacial score (nSPS) is 35.5. The molecule has 1 unspecified atom stereocenters. The van der Waals surface area contributed by atoms with Gasteiger partial charge >= 0.3 is 5.97 Å². The molecule has 17 heavy (non-hydrogen) atoms. The number of aliphatic carboxylic acids is 1. The maximum atomic E-state index is 10.4. The average molecular weight is 248 g/mol. The lowest BCUT2D eigenvalue weighted by Gasteiger charge is -2.36. The fourth-order valence-electron chi connectivity index (χ4n) is 1.69. The van der Waals surface area contributed by atoms with E-state index in [2.05, 4.69) is 0 Å². The van der Waals surface area contributed by atoms with Gasteiger partial charge in [0.25, 0.3) is 0 Å². The lowest BCUT2D eigenvalue weighted by atomic mass is 10.0. The number of rotatable bonds is 5. The zero-order chi connectivity index (χ0) is 13.0. The van der Waals surface area contributed by atoms with Crippen LogP contribution in [0.5, 0.6) is 0 Å². The van der Waals surface area contributed by atoms with Gasteiger partial charge in [-0.2, -0.15) is 0 Å². The lowest BCUT2D eigenvalue weighted by Crippen LogP contribution is -2.48. The highest BCUT2D eigenvalue weighted by atomic mass is 16.7. The quantitative estimate of drug-likeness (QED) is 0.639. The van der Waals surface area contributed by atoms with E-state index in [4.69, 9.17) is 14.6 Å². The molecule has 1 saturated heterocycles. The molecular formula is C11H20O6.